The quantitative estimate of drug-likeness (QED) is 0.799. The summed E-state index contributed by atoms with van der Waals surface area (Å²) in [5.74, 6) is 0.628. The van der Waals surface area contributed by atoms with Crippen LogP contribution >= 0.6 is 0 Å². The van der Waals surface area contributed by atoms with Crippen LogP contribution in [-0.4, -0.2) is 47.9 Å². The van der Waals surface area contributed by atoms with Gasteiger partial charge in [-0.1, -0.05) is 13.8 Å². The highest BCUT2D eigenvalue weighted by molar-refractivity contribution is 6.08. The van der Waals surface area contributed by atoms with Crippen LogP contribution in [0, 0.1) is 5.92 Å². The molecule has 0 bridgehead atoms. The molecule has 2 aromatic heterocycles. The van der Waals surface area contributed by atoms with Crippen molar-refractivity contribution in [2.45, 2.75) is 26.8 Å². The zero-order valence-electron chi connectivity index (χ0n) is 15.8. The van der Waals surface area contributed by atoms with Crippen molar-refractivity contribution in [2.75, 3.05) is 37.0 Å². The van der Waals surface area contributed by atoms with Gasteiger partial charge in [-0.3, -0.25) is 9.48 Å². The second-order valence-corrected chi connectivity index (χ2v) is 6.89. The molecule has 7 nitrogen and oxygen atoms in total. The number of likely N-dealkylation sites (N-methyl/N-ethyl adjacent to an activating group) is 1. The number of fused-ring (bicyclic) bond motifs is 1. The van der Waals surface area contributed by atoms with E-state index in [-0.39, 0.29) is 17.2 Å². The van der Waals surface area contributed by atoms with Crippen molar-refractivity contribution in [2.24, 2.45) is 5.92 Å². The Morgan fingerprint density at radius 2 is 2.04 bits per heavy atom. The van der Waals surface area contributed by atoms with Crippen LogP contribution in [0.15, 0.2) is 18.3 Å². The maximum Gasteiger partial charge on any atom is 0.280 e. The number of anilines is 2. The van der Waals surface area contributed by atoms with Gasteiger partial charge in [-0.25, -0.2) is 8.78 Å². The van der Waals surface area contributed by atoms with Gasteiger partial charge in [0.05, 0.1) is 24.6 Å². The molecule has 0 aliphatic carbocycles. The number of carbonyl (C=O) groups is 1. The van der Waals surface area contributed by atoms with E-state index >= 15 is 0 Å². The van der Waals surface area contributed by atoms with Gasteiger partial charge in [-0.05, 0) is 12.0 Å². The maximum absolute atomic E-state index is 13.7. The third-order valence-corrected chi connectivity index (χ3v) is 4.45. The van der Waals surface area contributed by atoms with Gasteiger partial charge in [-0.15, -0.1) is 0 Å². The van der Waals surface area contributed by atoms with E-state index in [9.17, 15) is 13.6 Å². The third kappa shape index (κ3) is 3.58. The number of carbonyl (C=O) groups excluding carboxylic acids is 1. The molecule has 0 saturated heterocycles. The molecule has 2 aromatic rings. The molecule has 1 aliphatic rings. The predicted octanol–water partition coefficient (Wildman–Crippen LogP) is 2.98. The Hall–Kier alpha value is -2.71. The number of amides is 1. The average Bonchev–Trinajstić information content (AvgIpc) is 3.04. The fraction of sp³-hybridized carbons (Fsp3) is 0.500. The van der Waals surface area contributed by atoms with Crippen LogP contribution in [0.4, 0.5) is 20.3 Å². The van der Waals surface area contributed by atoms with E-state index in [0.29, 0.717) is 37.0 Å². The Balaban J connectivity index is 2.00. The fourth-order valence-electron chi connectivity index (χ4n) is 3.14. The molecule has 3 heterocycles. The Morgan fingerprint density at radius 1 is 1.30 bits per heavy atom. The largest absolute Gasteiger partial charge is 0.481 e. The van der Waals surface area contributed by atoms with Gasteiger partial charge < -0.3 is 14.5 Å². The fourth-order valence-corrected chi connectivity index (χ4v) is 3.14. The van der Waals surface area contributed by atoms with E-state index in [1.165, 1.54) is 22.9 Å². The van der Waals surface area contributed by atoms with Crippen LogP contribution in [0.1, 0.15) is 36.3 Å². The number of hydrogen-bond donors (Lipinski definition) is 0. The molecule has 1 amide bonds. The molecule has 146 valence electrons. The average molecular weight is 379 g/mol. The van der Waals surface area contributed by atoms with E-state index in [1.54, 1.807) is 12.1 Å². The smallest absolute Gasteiger partial charge is 0.280 e. The Morgan fingerprint density at radius 3 is 2.67 bits per heavy atom. The minimum atomic E-state index is -2.79. The first kappa shape index (κ1) is 19.1. The minimum Gasteiger partial charge on any atom is -0.481 e. The zero-order chi connectivity index (χ0) is 19.7. The summed E-state index contributed by atoms with van der Waals surface area (Å²) < 4.78 is 33.7. The van der Waals surface area contributed by atoms with Gasteiger partial charge in [0.15, 0.2) is 5.82 Å². The molecule has 0 radical (unpaired) electrons. The number of alkyl halides is 2. The third-order valence-electron chi connectivity index (χ3n) is 4.45. The topological polar surface area (TPSA) is 63.5 Å². The SMILES string of the molecule is COc1ccc2c(n1)N(C)CCN2C(=O)c1cnn(CC(C)C)c1C(F)F. The molecule has 0 aromatic carbocycles. The normalized spacial score (nSPS) is 14.1. The summed E-state index contributed by atoms with van der Waals surface area (Å²) in [4.78, 5) is 20.9. The van der Waals surface area contributed by atoms with Crippen molar-refractivity contribution in [3.8, 4) is 5.88 Å². The highest BCUT2D eigenvalue weighted by Gasteiger charge is 2.32. The monoisotopic (exact) mass is 379 g/mol. The molecule has 0 atom stereocenters. The number of pyridine rings is 1. The number of hydrogen-bond acceptors (Lipinski definition) is 5. The van der Waals surface area contributed by atoms with Crippen molar-refractivity contribution in [1.82, 2.24) is 14.8 Å². The highest BCUT2D eigenvalue weighted by Crippen LogP contribution is 2.34. The maximum atomic E-state index is 13.7. The number of methoxy groups -OCH3 is 1. The van der Waals surface area contributed by atoms with Gasteiger partial charge in [0.2, 0.25) is 5.88 Å². The molecular weight excluding hydrogens is 356 g/mol. The number of aromatic nitrogens is 3. The minimum absolute atomic E-state index is 0.0722. The van der Waals surface area contributed by atoms with Gasteiger partial charge in [0.25, 0.3) is 12.3 Å². The van der Waals surface area contributed by atoms with Gasteiger partial charge >= 0.3 is 0 Å². The first-order chi connectivity index (χ1) is 12.8. The summed E-state index contributed by atoms with van der Waals surface area (Å²) in [7, 11) is 3.37. The van der Waals surface area contributed by atoms with Gasteiger partial charge in [-0.2, -0.15) is 10.1 Å². The molecule has 3 rings (SSSR count). The van der Waals surface area contributed by atoms with Crippen LogP contribution in [0.3, 0.4) is 0 Å². The Bertz CT molecular complexity index is 837. The molecule has 0 saturated carbocycles. The van der Waals surface area contributed by atoms with E-state index < -0.39 is 12.3 Å². The highest BCUT2D eigenvalue weighted by atomic mass is 19.3. The zero-order valence-corrected chi connectivity index (χ0v) is 15.8. The summed E-state index contributed by atoms with van der Waals surface area (Å²) in [6, 6.07) is 3.36. The Kier molecular flexibility index (Phi) is 5.29. The lowest BCUT2D eigenvalue weighted by Crippen LogP contribution is -2.43. The number of rotatable bonds is 5. The second-order valence-electron chi connectivity index (χ2n) is 6.89. The molecule has 0 N–H and O–H groups in total. The standard InChI is InChI=1S/C18H23F2N5O2/c1-11(2)10-25-15(16(19)20)12(9-21-25)18(26)24-8-7-23(3)17-13(24)5-6-14(22-17)27-4/h5-6,9,11,16H,7-8,10H2,1-4H3. The summed E-state index contributed by atoms with van der Waals surface area (Å²) in [5, 5.41) is 4.03. The number of halogens is 2. The summed E-state index contributed by atoms with van der Waals surface area (Å²) in [6.07, 6.45) is -1.55. The van der Waals surface area contributed by atoms with E-state index in [1.807, 2.05) is 25.8 Å². The lowest BCUT2D eigenvalue weighted by Gasteiger charge is -2.34. The molecule has 1 aliphatic heterocycles. The number of nitrogens with zero attached hydrogens (tertiary/aromatic N) is 5. The summed E-state index contributed by atoms with van der Waals surface area (Å²) in [6.45, 7) is 5.05. The molecular formula is C18H23F2N5O2. The molecule has 9 heteroatoms. The molecule has 0 fully saturated rings. The van der Waals surface area contributed by atoms with E-state index in [4.69, 9.17) is 4.74 Å². The van der Waals surface area contributed by atoms with Crippen LogP contribution in [-0.2, 0) is 6.54 Å². The predicted molar refractivity (Wildman–Crippen MR) is 97.8 cm³/mol. The first-order valence-electron chi connectivity index (χ1n) is 8.75. The van der Waals surface area contributed by atoms with Crippen molar-refractivity contribution in [1.29, 1.82) is 0 Å². The van der Waals surface area contributed by atoms with E-state index in [0.717, 1.165) is 0 Å². The summed E-state index contributed by atoms with van der Waals surface area (Å²) in [5.41, 5.74) is 0.152. The van der Waals surface area contributed by atoms with Crippen molar-refractivity contribution < 1.29 is 18.3 Å². The van der Waals surface area contributed by atoms with Gasteiger partial charge in [0.1, 0.15) is 5.69 Å². The Labute approximate surface area is 156 Å². The second kappa shape index (κ2) is 7.50. The van der Waals surface area contributed by atoms with E-state index in [2.05, 4.69) is 10.1 Å². The number of ether oxygens (including phenoxy) is 1. The summed E-state index contributed by atoms with van der Waals surface area (Å²) >= 11 is 0. The van der Waals surface area contributed by atoms with Crippen molar-refractivity contribution in [3.63, 3.8) is 0 Å². The van der Waals surface area contributed by atoms with Gasteiger partial charge in [0, 0.05) is 32.7 Å². The first-order valence-corrected chi connectivity index (χ1v) is 8.75. The molecule has 0 spiro atoms. The lowest BCUT2D eigenvalue weighted by atomic mass is 10.1. The van der Waals surface area contributed by atoms with Crippen LogP contribution in [0.2, 0.25) is 0 Å². The molecule has 0 unspecified atom stereocenters. The van der Waals surface area contributed by atoms with Crippen molar-refractivity contribution >= 4 is 17.4 Å². The van der Waals surface area contributed by atoms with Crippen LogP contribution in [0.5, 0.6) is 5.88 Å². The lowest BCUT2D eigenvalue weighted by molar-refractivity contribution is 0.0967. The van der Waals surface area contributed by atoms with Crippen LogP contribution in [0.25, 0.3) is 0 Å². The molecule has 27 heavy (non-hydrogen) atoms. The van der Waals surface area contributed by atoms with Crippen LogP contribution < -0.4 is 14.5 Å². The van der Waals surface area contributed by atoms with Crippen molar-refractivity contribution in [3.05, 3.63) is 29.6 Å².